The van der Waals surface area contributed by atoms with E-state index in [4.69, 9.17) is 10.5 Å². The van der Waals surface area contributed by atoms with Gasteiger partial charge in [-0.3, -0.25) is 14.9 Å². The fourth-order valence-electron chi connectivity index (χ4n) is 2.73. The number of nitro groups is 1. The molecule has 0 saturated carbocycles. The lowest BCUT2D eigenvalue weighted by Crippen LogP contribution is -2.12. The SMILES string of the molecule is N#C/C(=C\c1c(OCc2ccc([N+](=O)[O-])cc2)ccc2ccccc12)C(N)=O. The van der Waals surface area contributed by atoms with Gasteiger partial charge in [-0.25, -0.2) is 0 Å². The topological polar surface area (TPSA) is 119 Å². The van der Waals surface area contributed by atoms with Gasteiger partial charge < -0.3 is 10.5 Å². The van der Waals surface area contributed by atoms with Crippen molar-refractivity contribution in [2.45, 2.75) is 6.61 Å². The number of ether oxygens (including phenoxy) is 1. The van der Waals surface area contributed by atoms with Gasteiger partial charge in [0, 0.05) is 17.7 Å². The molecule has 0 saturated heterocycles. The summed E-state index contributed by atoms with van der Waals surface area (Å²) in [5.74, 6) is -0.359. The Morgan fingerprint density at radius 3 is 2.50 bits per heavy atom. The Bertz CT molecular complexity index is 1130. The molecule has 0 aliphatic heterocycles. The van der Waals surface area contributed by atoms with Crippen molar-refractivity contribution in [3.05, 3.63) is 87.5 Å². The van der Waals surface area contributed by atoms with E-state index < -0.39 is 10.8 Å². The molecule has 7 nitrogen and oxygen atoms in total. The smallest absolute Gasteiger partial charge is 0.269 e. The molecule has 0 radical (unpaired) electrons. The standard InChI is InChI=1S/C21H15N3O4/c22-12-16(21(23)25)11-19-18-4-2-1-3-15(18)7-10-20(19)28-13-14-5-8-17(9-6-14)24(26)27/h1-11H,13H2,(H2,23,25)/b16-11+. The minimum atomic E-state index is -0.822. The molecule has 0 unspecified atom stereocenters. The number of nitrogens with zero attached hydrogens (tertiary/aromatic N) is 2. The second-order valence-corrected chi connectivity index (χ2v) is 5.94. The van der Waals surface area contributed by atoms with Crippen molar-refractivity contribution in [2.24, 2.45) is 5.73 Å². The summed E-state index contributed by atoms with van der Waals surface area (Å²) in [6.07, 6.45) is 1.41. The van der Waals surface area contributed by atoms with Gasteiger partial charge in [0.25, 0.3) is 11.6 Å². The van der Waals surface area contributed by atoms with E-state index in [0.29, 0.717) is 11.3 Å². The number of nitro benzene ring substituents is 1. The normalized spacial score (nSPS) is 11.0. The first kappa shape index (κ1) is 18.6. The Kier molecular flexibility index (Phi) is 5.33. The summed E-state index contributed by atoms with van der Waals surface area (Å²) >= 11 is 0. The number of fused-ring (bicyclic) bond motifs is 1. The molecule has 0 spiro atoms. The van der Waals surface area contributed by atoms with E-state index in [1.807, 2.05) is 30.3 Å². The van der Waals surface area contributed by atoms with Crippen LogP contribution < -0.4 is 10.5 Å². The van der Waals surface area contributed by atoms with Crippen molar-refractivity contribution in [3.8, 4) is 11.8 Å². The minimum absolute atomic E-state index is 0.00167. The summed E-state index contributed by atoms with van der Waals surface area (Å²) in [7, 11) is 0. The predicted molar refractivity (Wildman–Crippen MR) is 104 cm³/mol. The molecule has 2 N–H and O–H groups in total. The summed E-state index contributed by atoms with van der Waals surface area (Å²) in [5.41, 5.74) is 6.39. The first-order chi connectivity index (χ1) is 13.5. The van der Waals surface area contributed by atoms with Gasteiger partial charge >= 0.3 is 0 Å². The van der Waals surface area contributed by atoms with Gasteiger partial charge in [-0.1, -0.05) is 30.3 Å². The van der Waals surface area contributed by atoms with E-state index in [1.165, 1.54) is 18.2 Å². The van der Waals surface area contributed by atoms with Crippen molar-refractivity contribution in [1.29, 1.82) is 5.26 Å². The molecule has 3 aromatic rings. The minimum Gasteiger partial charge on any atom is -0.488 e. The average molecular weight is 373 g/mol. The van der Waals surface area contributed by atoms with Crippen LogP contribution in [0.2, 0.25) is 0 Å². The monoisotopic (exact) mass is 373 g/mol. The molecule has 138 valence electrons. The number of benzene rings is 3. The fraction of sp³-hybridized carbons (Fsp3) is 0.0476. The maximum Gasteiger partial charge on any atom is 0.269 e. The lowest BCUT2D eigenvalue weighted by Gasteiger charge is -2.12. The Labute approximate surface area is 160 Å². The summed E-state index contributed by atoms with van der Waals surface area (Å²) in [6.45, 7) is 0.162. The van der Waals surface area contributed by atoms with Crippen LogP contribution in [0, 0.1) is 21.4 Å². The Morgan fingerprint density at radius 1 is 1.14 bits per heavy atom. The highest BCUT2D eigenvalue weighted by molar-refractivity contribution is 6.04. The summed E-state index contributed by atoms with van der Waals surface area (Å²) < 4.78 is 5.88. The van der Waals surface area contributed by atoms with E-state index in [9.17, 15) is 20.2 Å². The lowest BCUT2D eigenvalue weighted by atomic mass is 10.0. The van der Waals surface area contributed by atoms with Gasteiger partial charge in [-0.2, -0.15) is 5.26 Å². The van der Waals surface area contributed by atoms with E-state index in [0.717, 1.165) is 16.3 Å². The van der Waals surface area contributed by atoms with Gasteiger partial charge in [0.15, 0.2) is 0 Å². The maximum atomic E-state index is 11.5. The Hall–Kier alpha value is -4.18. The molecule has 0 bridgehead atoms. The molecule has 0 fully saturated rings. The molecular weight excluding hydrogens is 358 g/mol. The van der Waals surface area contributed by atoms with E-state index in [2.05, 4.69) is 0 Å². The third-order valence-electron chi connectivity index (χ3n) is 4.15. The highest BCUT2D eigenvalue weighted by atomic mass is 16.6. The molecule has 0 aromatic heterocycles. The summed E-state index contributed by atoms with van der Waals surface area (Å²) in [6, 6.07) is 18.9. The molecule has 28 heavy (non-hydrogen) atoms. The number of nitrogens with two attached hydrogens (primary N) is 1. The zero-order chi connectivity index (χ0) is 20.1. The van der Waals surface area contributed by atoms with Crippen molar-refractivity contribution in [1.82, 2.24) is 0 Å². The zero-order valence-electron chi connectivity index (χ0n) is 14.7. The zero-order valence-corrected chi connectivity index (χ0v) is 14.7. The number of rotatable bonds is 6. The van der Waals surface area contributed by atoms with Crippen molar-refractivity contribution in [2.75, 3.05) is 0 Å². The first-order valence-electron chi connectivity index (χ1n) is 8.29. The highest BCUT2D eigenvalue weighted by Gasteiger charge is 2.12. The van der Waals surface area contributed by atoms with Gasteiger partial charge in [0.1, 0.15) is 24.0 Å². The van der Waals surface area contributed by atoms with E-state index in [1.54, 1.807) is 24.3 Å². The number of carbonyl (C=O) groups is 1. The number of hydrogen-bond donors (Lipinski definition) is 1. The third kappa shape index (κ3) is 3.97. The number of non-ortho nitro benzene ring substituents is 1. The molecule has 1 amide bonds. The average Bonchev–Trinajstić information content (AvgIpc) is 2.70. The quantitative estimate of drug-likeness (QED) is 0.306. The van der Waals surface area contributed by atoms with Crippen LogP contribution in [0.4, 0.5) is 5.69 Å². The molecule has 0 heterocycles. The highest BCUT2D eigenvalue weighted by Crippen LogP contribution is 2.31. The third-order valence-corrected chi connectivity index (χ3v) is 4.15. The fourth-order valence-corrected chi connectivity index (χ4v) is 2.73. The Morgan fingerprint density at radius 2 is 1.86 bits per heavy atom. The van der Waals surface area contributed by atoms with Crippen LogP contribution in [0.25, 0.3) is 16.8 Å². The van der Waals surface area contributed by atoms with Gasteiger partial charge in [0.2, 0.25) is 0 Å². The number of hydrogen-bond acceptors (Lipinski definition) is 5. The first-order valence-corrected chi connectivity index (χ1v) is 8.29. The second-order valence-electron chi connectivity index (χ2n) is 5.94. The maximum absolute atomic E-state index is 11.5. The molecule has 7 heteroatoms. The number of carbonyl (C=O) groups excluding carboxylic acids is 1. The Balaban J connectivity index is 1.98. The largest absolute Gasteiger partial charge is 0.488 e. The van der Waals surface area contributed by atoms with Crippen molar-refractivity contribution >= 4 is 28.4 Å². The molecule has 0 aliphatic rings. The van der Waals surface area contributed by atoms with Crippen LogP contribution in [-0.2, 0) is 11.4 Å². The van der Waals surface area contributed by atoms with Crippen LogP contribution in [0.3, 0.4) is 0 Å². The second kappa shape index (κ2) is 8.01. The molecule has 3 rings (SSSR count). The summed E-state index contributed by atoms with van der Waals surface area (Å²) in [5, 5.41) is 21.7. The van der Waals surface area contributed by atoms with Crippen LogP contribution in [0.15, 0.2) is 66.2 Å². The van der Waals surface area contributed by atoms with Crippen LogP contribution in [-0.4, -0.2) is 10.8 Å². The molecule has 0 aliphatic carbocycles. The van der Waals surface area contributed by atoms with Gasteiger partial charge in [0.05, 0.1) is 4.92 Å². The molecular formula is C21H15N3O4. The van der Waals surface area contributed by atoms with Gasteiger partial charge in [-0.05, 0) is 40.6 Å². The number of amides is 1. The summed E-state index contributed by atoms with van der Waals surface area (Å²) in [4.78, 5) is 21.8. The van der Waals surface area contributed by atoms with Crippen LogP contribution in [0.5, 0.6) is 5.75 Å². The van der Waals surface area contributed by atoms with Crippen LogP contribution >= 0.6 is 0 Å². The lowest BCUT2D eigenvalue weighted by molar-refractivity contribution is -0.384. The van der Waals surface area contributed by atoms with Crippen LogP contribution in [0.1, 0.15) is 11.1 Å². The van der Waals surface area contributed by atoms with E-state index >= 15 is 0 Å². The van der Waals surface area contributed by atoms with Gasteiger partial charge in [-0.15, -0.1) is 0 Å². The predicted octanol–water partition coefficient (Wildman–Crippen LogP) is 3.72. The molecule has 3 aromatic carbocycles. The number of primary amides is 1. The van der Waals surface area contributed by atoms with Crippen molar-refractivity contribution in [3.63, 3.8) is 0 Å². The van der Waals surface area contributed by atoms with Crippen molar-refractivity contribution < 1.29 is 14.5 Å². The molecule has 0 atom stereocenters. The number of nitriles is 1. The van der Waals surface area contributed by atoms with E-state index in [-0.39, 0.29) is 17.9 Å².